The minimum Gasteiger partial charge on any atom is -0.0593 e. The first-order valence-corrected chi connectivity index (χ1v) is 6.66. The lowest BCUT2D eigenvalue weighted by Crippen LogP contribution is -1.91. The highest BCUT2D eigenvalue weighted by Gasteiger charge is 2.46. The van der Waals surface area contributed by atoms with Gasteiger partial charge in [-0.3, -0.25) is 0 Å². The van der Waals surface area contributed by atoms with Crippen LogP contribution in [0.3, 0.4) is 0 Å². The molecule has 1 unspecified atom stereocenters. The molecule has 2 fully saturated rings. The molecular weight excluding hydrogens is 248 g/mol. The Morgan fingerprint density at radius 1 is 1.27 bits per heavy atom. The van der Waals surface area contributed by atoms with Gasteiger partial charge in [0.25, 0.3) is 0 Å². The predicted molar refractivity (Wildman–Crippen MR) is 67.3 cm³/mol. The molecule has 0 N–H and O–H groups in total. The van der Waals surface area contributed by atoms with Crippen molar-refractivity contribution in [3.8, 4) is 0 Å². The normalized spacial score (nSPS) is 27.8. The van der Waals surface area contributed by atoms with Crippen molar-refractivity contribution in [2.24, 2.45) is 5.41 Å². The van der Waals surface area contributed by atoms with Crippen LogP contribution >= 0.6 is 15.9 Å². The summed E-state index contributed by atoms with van der Waals surface area (Å²) in [5, 5.41) is 0. The average molecular weight is 265 g/mol. The van der Waals surface area contributed by atoms with E-state index >= 15 is 0 Å². The Bertz CT molecular complexity index is 402. The van der Waals surface area contributed by atoms with Crippen LogP contribution in [0.5, 0.6) is 0 Å². The minimum absolute atomic E-state index is 0.542. The number of benzene rings is 1. The standard InChI is InChI=1S/C14H17Br/c1-14(2)8-12(14)10-5-6-11(9-3-4-9)13(15)7-10/h5-7,9,12H,3-4,8H2,1-2H3. The lowest BCUT2D eigenvalue weighted by Gasteiger charge is -2.07. The highest BCUT2D eigenvalue weighted by molar-refractivity contribution is 9.10. The summed E-state index contributed by atoms with van der Waals surface area (Å²) in [6.07, 6.45) is 4.11. The van der Waals surface area contributed by atoms with Crippen LogP contribution in [0.1, 0.15) is 56.1 Å². The molecule has 0 radical (unpaired) electrons. The summed E-state index contributed by atoms with van der Waals surface area (Å²) in [6, 6.07) is 7.04. The molecule has 0 aromatic heterocycles. The van der Waals surface area contributed by atoms with E-state index in [1.807, 2.05) is 0 Å². The highest BCUT2D eigenvalue weighted by Crippen LogP contribution is 2.59. The topological polar surface area (TPSA) is 0 Å². The average Bonchev–Trinajstić information content (AvgIpc) is 3.02. The van der Waals surface area contributed by atoms with E-state index in [9.17, 15) is 0 Å². The van der Waals surface area contributed by atoms with Crippen LogP contribution < -0.4 is 0 Å². The predicted octanol–water partition coefficient (Wildman–Crippen LogP) is 4.84. The van der Waals surface area contributed by atoms with Crippen molar-refractivity contribution in [2.75, 3.05) is 0 Å². The van der Waals surface area contributed by atoms with E-state index in [0.29, 0.717) is 5.41 Å². The van der Waals surface area contributed by atoms with Gasteiger partial charge in [-0.1, -0.05) is 41.9 Å². The van der Waals surface area contributed by atoms with Gasteiger partial charge in [0, 0.05) is 4.47 Å². The molecule has 80 valence electrons. The maximum absolute atomic E-state index is 3.72. The number of rotatable bonds is 2. The Hall–Kier alpha value is -0.300. The van der Waals surface area contributed by atoms with Crippen LogP contribution in [0.2, 0.25) is 0 Å². The first-order valence-electron chi connectivity index (χ1n) is 5.87. The zero-order valence-electron chi connectivity index (χ0n) is 9.39. The van der Waals surface area contributed by atoms with Crippen LogP contribution in [0.4, 0.5) is 0 Å². The minimum atomic E-state index is 0.542. The van der Waals surface area contributed by atoms with Crippen LogP contribution in [0.15, 0.2) is 22.7 Å². The lowest BCUT2D eigenvalue weighted by molar-refractivity contribution is 0.621. The third-order valence-electron chi connectivity index (χ3n) is 3.96. The molecule has 0 aliphatic heterocycles. The molecule has 2 aliphatic carbocycles. The zero-order chi connectivity index (χ0) is 10.6. The van der Waals surface area contributed by atoms with Crippen molar-refractivity contribution >= 4 is 15.9 Å². The maximum Gasteiger partial charge on any atom is 0.0212 e. The van der Waals surface area contributed by atoms with Crippen LogP contribution in [0, 0.1) is 5.41 Å². The van der Waals surface area contributed by atoms with Gasteiger partial charge in [0.2, 0.25) is 0 Å². The Balaban J connectivity index is 1.89. The third kappa shape index (κ3) is 1.75. The molecule has 0 saturated heterocycles. The molecule has 1 atom stereocenters. The van der Waals surface area contributed by atoms with Crippen LogP contribution in [-0.4, -0.2) is 0 Å². The monoisotopic (exact) mass is 264 g/mol. The maximum atomic E-state index is 3.72. The van der Waals surface area contributed by atoms with Gasteiger partial charge in [0.1, 0.15) is 0 Å². The van der Waals surface area contributed by atoms with E-state index in [0.717, 1.165) is 11.8 Å². The molecule has 0 heterocycles. The molecule has 1 heteroatoms. The van der Waals surface area contributed by atoms with Gasteiger partial charge in [0.05, 0.1) is 0 Å². The fraction of sp³-hybridized carbons (Fsp3) is 0.571. The van der Waals surface area contributed by atoms with Gasteiger partial charge >= 0.3 is 0 Å². The molecule has 2 saturated carbocycles. The number of hydrogen-bond donors (Lipinski definition) is 0. The third-order valence-corrected chi connectivity index (χ3v) is 4.64. The SMILES string of the molecule is CC1(C)CC1c1ccc(C2CC2)c(Br)c1. The second-order valence-electron chi connectivity index (χ2n) is 5.80. The first kappa shape index (κ1) is 9.89. The summed E-state index contributed by atoms with van der Waals surface area (Å²) in [4.78, 5) is 0. The van der Waals surface area contributed by atoms with Gasteiger partial charge in [-0.25, -0.2) is 0 Å². The number of hydrogen-bond acceptors (Lipinski definition) is 0. The fourth-order valence-electron chi connectivity index (χ4n) is 2.52. The number of halogens is 1. The van der Waals surface area contributed by atoms with E-state index in [1.165, 1.54) is 34.9 Å². The molecule has 0 amide bonds. The first-order chi connectivity index (χ1) is 7.08. The molecule has 0 nitrogen and oxygen atoms in total. The largest absolute Gasteiger partial charge is 0.0593 e. The van der Waals surface area contributed by atoms with E-state index < -0.39 is 0 Å². The Morgan fingerprint density at radius 2 is 1.93 bits per heavy atom. The van der Waals surface area contributed by atoms with Gasteiger partial charge < -0.3 is 0 Å². The molecule has 1 aromatic rings. The Morgan fingerprint density at radius 3 is 2.40 bits per heavy atom. The van der Waals surface area contributed by atoms with Gasteiger partial charge in [-0.05, 0) is 53.7 Å². The molecule has 0 bridgehead atoms. The van der Waals surface area contributed by atoms with Crippen molar-refractivity contribution in [2.45, 2.75) is 44.9 Å². The summed E-state index contributed by atoms with van der Waals surface area (Å²) in [5.41, 5.74) is 3.59. The molecule has 1 aromatic carbocycles. The van der Waals surface area contributed by atoms with E-state index in [-0.39, 0.29) is 0 Å². The van der Waals surface area contributed by atoms with Crippen molar-refractivity contribution < 1.29 is 0 Å². The van der Waals surface area contributed by atoms with Gasteiger partial charge in [-0.2, -0.15) is 0 Å². The van der Waals surface area contributed by atoms with Crippen molar-refractivity contribution in [1.82, 2.24) is 0 Å². The quantitative estimate of drug-likeness (QED) is 0.717. The van der Waals surface area contributed by atoms with E-state index in [1.54, 1.807) is 0 Å². The summed E-state index contributed by atoms with van der Waals surface area (Å²) in [5.74, 6) is 1.64. The van der Waals surface area contributed by atoms with Crippen molar-refractivity contribution in [3.05, 3.63) is 33.8 Å². The molecule has 3 rings (SSSR count). The second-order valence-corrected chi connectivity index (χ2v) is 6.65. The Labute approximate surface area is 100 Å². The molecule has 0 spiro atoms. The molecular formula is C14H17Br. The summed E-state index contributed by atoms with van der Waals surface area (Å²) < 4.78 is 1.34. The summed E-state index contributed by atoms with van der Waals surface area (Å²) in [7, 11) is 0. The summed E-state index contributed by atoms with van der Waals surface area (Å²) in [6.45, 7) is 4.72. The zero-order valence-corrected chi connectivity index (χ0v) is 11.0. The fourth-order valence-corrected chi connectivity index (χ4v) is 3.24. The molecule has 15 heavy (non-hydrogen) atoms. The van der Waals surface area contributed by atoms with Crippen molar-refractivity contribution in [3.63, 3.8) is 0 Å². The second kappa shape index (κ2) is 3.10. The van der Waals surface area contributed by atoms with Crippen LogP contribution in [-0.2, 0) is 0 Å². The Kier molecular flexibility index (Phi) is 2.04. The van der Waals surface area contributed by atoms with Crippen LogP contribution in [0.25, 0.3) is 0 Å². The smallest absolute Gasteiger partial charge is 0.0212 e. The lowest BCUT2D eigenvalue weighted by atomic mass is 10.0. The highest BCUT2D eigenvalue weighted by atomic mass is 79.9. The van der Waals surface area contributed by atoms with Gasteiger partial charge in [-0.15, -0.1) is 0 Å². The van der Waals surface area contributed by atoms with E-state index in [4.69, 9.17) is 0 Å². The van der Waals surface area contributed by atoms with Crippen molar-refractivity contribution in [1.29, 1.82) is 0 Å². The van der Waals surface area contributed by atoms with E-state index in [2.05, 4.69) is 48.0 Å². The summed E-state index contributed by atoms with van der Waals surface area (Å²) >= 11 is 3.72. The van der Waals surface area contributed by atoms with Gasteiger partial charge in [0.15, 0.2) is 0 Å². The molecule has 2 aliphatic rings.